The fourth-order valence-electron chi connectivity index (χ4n) is 2.75. The molecule has 2 unspecified atom stereocenters. The average Bonchev–Trinajstić information content (AvgIpc) is 2.29. The summed E-state index contributed by atoms with van der Waals surface area (Å²) in [4.78, 5) is 2.04. The second-order valence-corrected chi connectivity index (χ2v) is 4.88. The molecule has 0 spiro atoms. The Hall–Kier alpha value is -0.290. The quantitative estimate of drug-likeness (QED) is 0.749. The summed E-state index contributed by atoms with van der Waals surface area (Å²) in [6.45, 7) is 2.90. The van der Waals surface area contributed by atoms with Crippen LogP contribution in [0.4, 0.5) is 13.2 Å². The van der Waals surface area contributed by atoms with Crippen LogP contribution in [-0.4, -0.2) is 43.3 Å². The molecule has 2 aliphatic heterocycles. The third-order valence-corrected chi connectivity index (χ3v) is 3.70. The Morgan fingerprint density at radius 2 is 1.94 bits per heavy atom. The van der Waals surface area contributed by atoms with E-state index in [9.17, 15) is 13.2 Å². The van der Waals surface area contributed by atoms with Crippen LogP contribution in [0.15, 0.2) is 0 Å². The molecule has 2 heterocycles. The van der Waals surface area contributed by atoms with Gasteiger partial charge in [-0.25, -0.2) is 0 Å². The van der Waals surface area contributed by atoms with Gasteiger partial charge in [-0.3, -0.25) is 4.90 Å². The van der Waals surface area contributed by atoms with E-state index >= 15 is 0 Å². The number of hydrogen-bond acceptors (Lipinski definition) is 2. The van der Waals surface area contributed by atoms with Gasteiger partial charge in [0.2, 0.25) is 0 Å². The zero-order valence-corrected chi connectivity index (χ0v) is 9.39. The van der Waals surface area contributed by atoms with Crippen molar-refractivity contribution in [2.24, 2.45) is 5.92 Å². The molecule has 0 amide bonds. The smallest absolute Gasteiger partial charge is 0.315 e. The van der Waals surface area contributed by atoms with E-state index in [0.29, 0.717) is 18.9 Å². The fourth-order valence-corrected chi connectivity index (χ4v) is 2.75. The van der Waals surface area contributed by atoms with Gasteiger partial charge >= 0.3 is 6.18 Å². The molecular formula is C11H19F3N2. The Morgan fingerprint density at radius 1 is 1.12 bits per heavy atom. The van der Waals surface area contributed by atoms with Gasteiger partial charge in [0.25, 0.3) is 0 Å². The summed E-state index contributed by atoms with van der Waals surface area (Å²) in [5, 5.41) is 3.26. The first-order valence-corrected chi connectivity index (χ1v) is 6.09. The SMILES string of the molecule is FC(F)(F)C1CCCN(C2CCCNC2)C1. The molecule has 94 valence electrons. The van der Waals surface area contributed by atoms with Gasteiger partial charge < -0.3 is 5.32 Å². The number of piperidine rings is 2. The lowest BCUT2D eigenvalue weighted by Gasteiger charge is -2.40. The second-order valence-electron chi connectivity index (χ2n) is 4.88. The third-order valence-electron chi connectivity index (χ3n) is 3.70. The number of alkyl halides is 3. The zero-order chi connectivity index (χ0) is 11.6. The van der Waals surface area contributed by atoms with Crippen LogP contribution in [0.1, 0.15) is 25.7 Å². The maximum Gasteiger partial charge on any atom is 0.393 e. The highest BCUT2D eigenvalue weighted by molar-refractivity contribution is 4.85. The second kappa shape index (κ2) is 4.92. The van der Waals surface area contributed by atoms with Crippen molar-refractivity contribution in [3.05, 3.63) is 0 Å². The van der Waals surface area contributed by atoms with Crippen molar-refractivity contribution in [3.63, 3.8) is 0 Å². The molecule has 0 aliphatic carbocycles. The summed E-state index contributed by atoms with van der Waals surface area (Å²) in [6.07, 6.45) is -0.906. The van der Waals surface area contributed by atoms with E-state index in [1.165, 1.54) is 0 Å². The minimum Gasteiger partial charge on any atom is -0.315 e. The number of halogens is 3. The molecule has 0 saturated carbocycles. The lowest BCUT2D eigenvalue weighted by Crippen LogP contribution is -2.51. The predicted molar refractivity (Wildman–Crippen MR) is 56.2 cm³/mol. The fraction of sp³-hybridized carbons (Fsp3) is 1.00. The monoisotopic (exact) mass is 236 g/mol. The number of rotatable bonds is 1. The van der Waals surface area contributed by atoms with Crippen molar-refractivity contribution >= 4 is 0 Å². The molecule has 2 fully saturated rings. The molecule has 0 radical (unpaired) electrons. The summed E-state index contributed by atoms with van der Waals surface area (Å²) in [5.74, 6) is -1.11. The van der Waals surface area contributed by atoms with Crippen LogP contribution in [-0.2, 0) is 0 Å². The molecule has 0 bridgehead atoms. The largest absolute Gasteiger partial charge is 0.393 e. The van der Waals surface area contributed by atoms with Gasteiger partial charge in [-0.15, -0.1) is 0 Å². The van der Waals surface area contributed by atoms with Crippen LogP contribution < -0.4 is 5.32 Å². The van der Waals surface area contributed by atoms with Gasteiger partial charge in [-0.2, -0.15) is 13.2 Å². The van der Waals surface area contributed by atoms with E-state index in [1.54, 1.807) is 0 Å². The summed E-state index contributed by atoms with van der Waals surface area (Å²) in [7, 11) is 0. The molecule has 2 nitrogen and oxygen atoms in total. The Morgan fingerprint density at radius 3 is 2.56 bits per heavy atom. The van der Waals surface area contributed by atoms with Crippen molar-refractivity contribution in [2.45, 2.75) is 37.9 Å². The molecule has 2 aliphatic rings. The average molecular weight is 236 g/mol. The molecule has 2 rings (SSSR count). The van der Waals surface area contributed by atoms with E-state index in [1.807, 2.05) is 4.90 Å². The maximum absolute atomic E-state index is 12.6. The summed E-state index contributed by atoms with van der Waals surface area (Å²) in [5.41, 5.74) is 0. The zero-order valence-electron chi connectivity index (χ0n) is 9.39. The van der Waals surface area contributed by atoms with Crippen LogP contribution in [0.3, 0.4) is 0 Å². The first-order chi connectivity index (χ1) is 7.57. The Bertz CT molecular complexity index is 224. The molecular weight excluding hydrogens is 217 g/mol. The molecule has 16 heavy (non-hydrogen) atoms. The molecule has 2 saturated heterocycles. The normalized spacial score (nSPS) is 33.9. The van der Waals surface area contributed by atoms with Gasteiger partial charge in [0.15, 0.2) is 0 Å². The lowest BCUT2D eigenvalue weighted by atomic mass is 9.94. The Labute approximate surface area is 94.2 Å². The van der Waals surface area contributed by atoms with E-state index in [0.717, 1.165) is 32.5 Å². The van der Waals surface area contributed by atoms with Gasteiger partial charge in [0.1, 0.15) is 0 Å². The van der Waals surface area contributed by atoms with Crippen molar-refractivity contribution in [3.8, 4) is 0 Å². The molecule has 0 aromatic carbocycles. The number of hydrogen-bond donors (Lipinski definition) is 1. The van der Waals surface area contributed by atoms with Crippen molar-refractivity contribution in [2.75, 3.05) is 26.2 Å². The van der Waals surface area contributed by atoms with E-state index in [4.69, 9.17) is 0 Å². The van der Waals surface area contributed by atoms with Crippen LogP contribution in [0, 0.1) is 5.92 Å². The molecule has 1 N–H and O–H groups in total. The van der Waals surface area contributed by atoms with E-state index in [2.05, 4.69) is 5.32 Å². The van der Waals surface area contributed by atoms with Crippen molar-refractivity contribution in [1.29, 1.82) is 0 Å². The number of likely N-dealkylation sites (tertiary alicyclic amines) is 1. The van der Waals surface area contributed by atoms with E-state index < -0.39 is 12.1 Å². The lowest BCUT2D eigenvalue weighted by molar-refractivity contribution is -0.188. The minimum absolute atomic E-state index is 0.204. The van der Waals surface area contributed by atoms with Crippen LogP contribution in [0.25, 0.3) is 0 Å². The highest BCUT2D eigenvalue weighted by Crippen LogP contribution is 2.34. The summed E-state index contributed by atoms with van der Waals surface area (Å²) in [6, 6.07) is 0.318. The van der Waals surface area contributed by atoms with Gasteiger partial charge in [-0.05, 0) is 38.8 Å². The van der Waals surface area contributed by atoms with Gasteiger partial charge in [-0.1, -0.05) is 0 Å². The first kappa shape index (κ1) is 12.2. The van der Waals surface area contributed by atoms with Crippen LogP contribution >= 0.6 is 0 Å². The first-order valence-electron chi connectivity index (χ1n) is 6.09. The van der Waals surface area contributed by atoms with Crippen LogP contribution in [0.5, 0.6) is 0 Å². The number of nitrogens with one attached hydrogen (secondary N) is 1. The topological polar surface area (TPSA) is 15.3 Å². The summed E-state index contributed by atoms with van der Waals surface area (Å²) >= 11 is 0. The van der Waals surface area contributed by atoms with Gasteiger partial charge in [0, 0.05) is 19.1 Å². The highest BCUT2D eigenvalue weighted by Gasteiger charge is 2.42. The molecule has 0 aromatic heterocycles. The predicted octanol–water partition coefficient (Wildman–Crippen LogP) is 2.01. The van der Waals surface area contributed by atoms with Crippen molar-refractivity contribution < 1.29 is 13.2 Å². The Kier molecular flexibility index (Phi) is 3.74. The summed E-state index contributed by atoms with van der Waals surface area (Å²) < 4.78 is 37.9. The highest BCUT2D eigenvalue weighted by atomic mass is 19.4. The van der Waals surface area contributed by atoms with E-state index in [-0.39, 0.29) is 6.54 Å². The Balaban J connectivity index is 1.90. The minimum atomic E-state index is -4.01. The number of nitrogens with zero attached hydrogens (tertiary/aromatic N) is 1. The maximum atomic E-state index is 12.6. The molecule has 0 aromatic rings. The molecule has 5 heteroatoms. The third kappa shape index (κ3) is 2.88. The standard InChI is InChI=1S/C11H19F3N2/c12-11(13,14)9-3-2-6-16(8-9)10-4-1-5-15-7-10/h9-10,15H,1-8H2. The molecule has 2 atom stereocenters. The van der Waals surface area contributed by atoms with Crippen LogP contribution in [0.2, 0.25) is 0 Å². The van der Waals surface area contributed by atoms with Gasteiger partial charge in [0.05, 0.1) is 5.92 Å². The van der Waals surface area contributed by atoms with Crippen molar-refractivity contribution in [1.82, 2.24) is 10.2 Å².